The molecule has 7 rings (SSSR count). The van der Waals surface area contributed by atoms with E-state index in [4.69, 9.17) is 9.47 Å². The average Bonchev–Trinajstić information content (AvgIpc) is 3.48. The van der Waals surface area contributed by atoms with Gasteiger partial charge in [0.15, 0.2) is 5.65 Å². The van der Waals surface area contributed by atoms with Gasteiger partial charge in [0.1, 0.15) is 23.6 Å². The number of amides is 1. The summed E-state index contributed by atoms with van der Waals surface area (Å²) in [5.41, 5.74) is 4.67. The number of hydrogen-bond donors (Lipinski definition) is 1. The fraction of sp³-hybridized carbons (Fsp3) is 0.486. The third-order valence-electron chi connectivity index (χ3n) is 9.79. The predicted octanol–water partition coefficient (Wildman–Crippen LogP) is 4.55. The van der Waals surface area contributed by atoms with Crippen LogP contribution in [0.25, 0.3) is 11.0 Å². The Morgan fingerprint density at radius 3 is 2.53 bits per heavy atom. The second kappa shape index (κ2) is 12.7. The second-order valence-electron chi connectivity index (χ2n) is 12.4. The lowest BCUT2D eigenvalue weighted by Gasteiger charge is -2.46. The van der Waals surface area contributed by atoms with Crippen LogP contribution in [0.3, 0.4) is 0 Å². The number of benzene rings is 2. The minimum Gasteiger partial charge on any atom is -0.494 e. The molecule has 1 N–H and O–H groups in total. The zero-order chi connectivity index (χ0) is 30.8. The molecule has 236 valence electrons. The lowest BCUT2D eigenvalue weighted by molar-refractivity contribution is -0.137. The molecule has 10 nitrogen and oxygen atoms in total. The summed E-state index contributed by atoms with van der Waals surface area (Å²) in [4.78, 5) is 27.3. The molecule has 45 heavy (non-hydrogen) atoms. The van der Waals surface area contributed by atoms with E-state index in [1.54, 1.807) is 6.33 Å². The van der Waals surface area contributed by atoms with Gasteiger partial charge in [-0.05, 0) is 86.9 Å². The van der Waals surface area contributed by atoms with Gasteiger partial charge in [-0.15, -0.1) is 0 Å². The van der Waals surface area contributed by atoms with Gasteiger partial charge >= 0.3 is 0 Å². The van der Waals surface area contributed by atoms with Gasteiger partial charge in [0, 0.05) is 44.2 Å². The van der Waals surface area contributed by atoms with E-state index in [9.17, 15) is 4.79 Å². The smallest absolute Gasteiger partial charge is 0.225 e. The molecule has 2 aromatic heterocycles. The highest BCUT2D eigenvalue weighted by Gasteiger charge is 2.42. The lowest BCUT2D eigenvalue weighted by atomic mass is 9.69. The van der Waals surface area contributed by atoms with Crippen LogP contribution >= 0.6 is 0 Å². The van der Waals surface area contributed by atoms with Crippen molar-refractivity contribution in [1.29, 1.82) is 0 Å². The van der Waals surface area contributed by atoms with E-state index < -0.39 is 0 Å². The maximum atomic E-state index is 13.7. The van der Waals surface area contributed by atoms with Crippen molar-refractivity contribution in [3.05, 3.63) is 71.7 Å². The number of fused-ring (bicyclic) bond motifs is 3. The molecule has 0 unspecified atom stereocenters. The summed E-state index contributed by atoms with van der Waals surface area (Å²) in [6, 6.07) is 14.7. The van der Waals surface area contributed by atoms with Crippen molar-refractivity contribution in [2.45, 2.75) is 58.0 Å². The molecule has 2 aliphatic heterocycles. The zero-order valence-corrected chi connectivity index (χ0v) is 26.4. The first-order valence-electron chi connectivity index (χ1n) is 16.5. The Morgan fingerprint density at radius 1 is 0.978 bits per heavy atom. The quantitative estimate of drug-likeness (QED) is 0.311. The summed E-state index contributed by atoms with van der Waals surface area (Å²) >= 11 is 0. The first-order chi connectivity index (χ1) is 22.1. The van der Waals surface area contributed by atoms with Crippen LogP contribution in [0.15, 0.2) is 55.0 Å². The van der Waals surface area contributed by atoms with E-state index in [0.29, 0.717) is 38.8 Å². The Kier molecular flexibility index (Phi) is 8.31. The maximum absolute atomic E-state index is 13.7. The number of ether oxygens (including phenoxy) is 2. The zero-order valence-electron chi connectivity index (χ0n) is 26.4. The molecule has 1 saturated heterocycles. The largest absolute Gasteiger partial charge is 0.494 e. The number of piperazine rings is 1. The van der Waals surface area contributed by atoms with Crippen LogP contribution in [0.2, 0.25) is 0 Å². The number of nitrogens with zero attached hydrogens (tertiary/aromatic N) is 6. The predicted molar refractivity (Wildman–Crippen MR) is 174 cm³/mol. The first-order valence-corrected chi connectivity index (χ1v) is 16.5. The molecule has 1 spiro atoms. The van der Waals surface area contributed by atoms with Gasteiger partial charge in [-0.1, -0.05) is 18.2 Å². The summed E-state index contributed by atoms with van der Waals surface area (Å²) in [5, 5.41) is 9.44. The monoisotopic (exact) mass is 609 g/mol. The highest BCUT2D eigenvalue weighted by molar-refractivity contribution is 5.87. The Hall–Kier alpha value is -4.18. The minimum atomic E-state index is -0.0251. The Morgan fingerprint density at radius 2 is 1.76 bits per heavy atom. The molecular formula is C35H43N7O3. The summed E-state index contributed by atoms with van der Waals surface area (Å²) in [7, 11) is 0. The van der Waals surface area contributed by atoms with E-state index in [1.165, 1.54) is 11.1 Å². The molecule has 3 aliphatic rings. The second-order valence-corrected chi connectivity index (χ2v) is 12.4. The molecule has 4 heterocycles. The van der Waals surface area contributed by atoms with Crippen molar-refractivity contribution in [1.82, 2.24) is 30.0 Å². The number of hydrogen-bond acceptors (Lipinski definition) is 8. The van der Waals surface area contributed by atoms with Crippen LogP contribution in [0.4, 0.5) is 5.82 Å². The Labute approximate surface area is 264 Å². The van der Waals surface area contributed by atoms with Crippen molar-refractivity contribution in [2.75, 3.05) is 50.8 Å². The van der Waals surface area contributed by atoms with E-state index in [1.807, 2.05) is 42.9 Å². The molecule has 4 aromatic rings. The highest BCUT2D eigenvalue weighted by atomic mass is 16.5. The van der Waals surface area contributed by atoms with Crippen LogP contribution in [0.1, 0.15) is 56.2 Å². The van der Waals surface area contributed by atoms with Gasteiger partial charge in [0.25, 0.3) is 0 Å². The molecule has 0 radical (unpaired) electrons. The Bertz CT molecular complexity index is 1650. The molecule has 1 saturated carbocycles. The van der Waals surface area contributed by atoms with Gasteiger partial charge in [-0.25, -0.2) is 14.6 Å². The standard InChI is InChI=1S/C35H43N7O3/c1-3-44-28-7-5-6-25(20-28)23-42-33-30(22-39-42)32(36-24-37-33)40-16-18-41(19-17-40)34(43)26-10-13-35(14-11-26)31-9-8-29(45-4-2)21-27(31)12-15-38-35/h5-9,20-22,24,26,38H,3-4,10-19,23H2,1-2H3. The highest BCUT2D eigenvalue weighted by Crippen LogP contribution is 2.44. The SMILES string of the molecule is CCOc1cccc(Cn2ncc3c(N4CCN(C(=O)C5CCC6(CC5)NCCc5cc(OCC)ccc56)CC4)ncnc32)c1. The van der Waals surface area contributed by atoms with Crippen molar-refractivity contribution in [3.63, 3.8) is 0 Å². The van der Waals surface area contributed by atoms with Crippen LogP contribution in [-0.4, -0.2) is 76.5 Å². The van der Waals surface area contributed by atoms with Crippen LogP contribution in [0, 0.1) is 5.92 Å². The molecule has 2 aromatic carbocycles. The van der Waals surface area contributed by atoms with E-state index >= 15 is 0 Å². The Balaban J connectivity index is 0.974. The van der Waals surface area contributed by atoms with Gasteiger partial charge in [0.05, 0.1) is 31.3 Å². The first kappa shape index (κ1) is 29.5. The number of carbonyl (C=O) groups excluding carboxylic acids is 1. The molecule has 2 fully saturated rings. The molecule has 1 aliphatic carbocycles. The molecule has 10 heteroatoms. The lowest BCUT2D eigenvalue weighted by Crippen LogP contribution is -2.53. The number of aromatic nitrogens is 4. The number of nitrogens with one attached hydrogen (secondary N) is 1. The maximum Gasteiger partial charge on any atom is 0.225 e. The van der Waals surface area contributed by atoms with Gasteiger partial charge in [-0.3, -0.25) is 4.79 Å². The van der Waals surface area contributed by atoms with E-state index in [0.717, 1.165) is 85.7 Å². The van der Waals surface area contributed by atoms with Gasteiger partial charge in [-0.2, -0.15) is 5.10 Å². The molecule has 0 atom stereocenters. The van der Waals surface area contributed by atoms with Crippen molar-refractivity contribution in [3.8, 4) is 11.5 Å². The van der Waals surface area contributed by atoms with E-state index in [-0.39, 0.29) is 11.5 Å². The van der Waals surface area contributed by atoms with E-state index in [2.05, 4.69) is 54.4 Å². The van der Waals surface area contributed by atoms with Crippen LogP contribution in [-0.2, 0) is 23.3 Å². The number of rotatable bonds is 8. The van der Waals surface area contributed by atoms with Crippen LogP contribution in [0.5, 0.6) is 11.5 Å². The van der Waals surface area contributed by atoms with Crippen molar-refractivity contribution in [2.24, 2.45) is 5.92 Å². The fourth-order valence-corrected chi connectivity index (χ4v) is 7.55. The summed E-state index contributed by atoms with van der Waals surface area (Å²) in [6.07, 6.45) is 8.31. The molecule has 1 amide bonds. The minimum absolute atomic E-state index is 0.0251. The topological polar surface area (TPSA) is 97.6 Å². The summed E-state index contributed by atoms with van der Waals surface area (Å²) in [5.74, 6) is 3.09. The third-order valence-corrected chi connectivity index (χ3v) is 9.79. The molecular weight excluding hydrogens is 566 g/mol. The van der Waals surface area contributed by atoms with Crippen molar-refractivity contribution >= 4 is 22.8 Å². The average molecular weight is 610 g/mol. The fourth-order valence-electron chi connectivity index (χ4n) is 7.55. The van der Waals surface area contributed by atoms with Gasteiger partial charge < -0.3 is 24.6 Å². The van der Waals surface area contributed by atoms with Gasteiger partial charge in [0.2, 0.25) is 5.91 Å². The number of carbonyl (C=O) groups is 1. The molecule has 0 bridgehead atoms. The third kappa shape index (κ3) is 5.83. The number of anilines is 1. The summed E-state index contributed by atoms with van der Waals surface area (Å²) in [6.45, 7) is 9.78. The van der Waals surface area contributed by atoms with Crippen LogP contribution < -0.4 is 19.7 Å². The summed E-state index contributed by atoms with van der Waals surface area (Å²) < 4.78 is 13.3. The normalized spacial score (nSPS) is 21.6. The van der Waals surface area contributed by atoms with Crippen molar-refractivity contribution < 1.29 is 14.3 Å².